The number of halogens is 1. The Morgan fingerprint density at radius 1 is 1.15 bits per heavy atom. The largest absolute Gasteiger partial charge is 0.318 e. The Labute approximate surface area is 200 Å². The van der Waals surface area contributed by atoms with E-state index in [1.807, 2.05) is 51.4 Å². The minimum absolute atomic E-state index is 0.167. The summed E-state index contributed by atoms with van der Waals surface area (Å²) in [4.78, 5) is 20.2. The molecule has 3 aromatic rings. The summed E-state index contributed by atoms with van der Waals surface area (Å²) < 4.78 is 16.6. The molecule has 1 fully saturated rings. The molecule has 0 saturated carbocycles. The van der Waals surface area contributed by atoms with Crippen LogP contribution in [0, 0.1) is 12.7 Å². The number of benzene rings is 2. The van der Waals surface area contributed by atoms with Gasteiger partial charge in [-0.3, -0.25) is 19.4 Å². The number of aliphatic imine (C=N–C) groups is 1. The highest BCUT2D eigenvalue weighted by molar-refractivity contribution is 6.49. The van der Waals surface area contributed by atoms with Gasteiger partial charge in [-0.15, -0.1) is 0 Å². The number of hydrogen-bond donors (Lipinski definition) is 1. The first-order chi connectivity index (χ1) is 16.4. The molecule has 0 atom stereocenters. The van der Waals surface area contributed by atoms with Crippen LogP contribution in [-0.2, 0) is 18.4 Å². The molecule has 0 unspecified atom stereocenters. The van der Waals surface area contributed by atoms with E-state index in [9.17, 15) is 9.18 Å². The summed E-state index contributed by atoms with van der Waals surface area (Å²) in [6.07, 6.45) is 6.90. The third-order valence-electron chi connectivity index (χ3n) is 6.13. The molecule has 34 heavy (non-hydrogen) atoms. The van der Waals surface area contributed by atoms with Crippen molar-refractivity contribution < 1.29 is 9.18 Å². The smallest absolute Gasteiger partial charge is 0.274 e. The van der Waals surface area contributed by atoms with Gasteiger partial charge in [0.25, 0.3) is 5.91 Å². The molecule has 1 aliphatic rings. The van der Waals surface area contributed by atoms with Crippen molar-refractivity contribution in [3.8, 4) is 11.1 Å². The van der Waals surface area contributed by atoms with Crippen molar-refractivity contribution in [2.75, 3.05) is 25.0 Å². The summed E-state index contributed by atoms with van der Waals surface area (Å²) in [5.74, 6) is -0.841. The minimum atomic E-state index is -0.430. The lowest BCUT2D eigenvalue weighted by molar-refractivity contribution is -0.110. The normalized spacial score (nSPS) is 14.5. The van der Waals surface area contributed by atoms with Crippen molar-refractivity contribution in [1.29, 1.82) is 0 Å². The van der Waals surface area contributed by atoms with E-state index in [2.05, 4.69) is 20.3 Å². The van der Waals surface area contributed by atoms with E-state index in [-0.39, 0.29) is 5.69 Å². The van der Waals surface area contributed by atoms with Gasteiger partial charge in [-0.25, -0.2) is 4.39 Å². The summed E-state index contributed by atoms with van der Waals surface area (Å²) in [5.41, 5.74) is 4.96. The summed E-state index contributed by atoms with van der Waals surface area (Å²) in [5, 5.41) is 7.00. The maximum Gasteiger partial charge on any atom is 0.274 e. The SMILES string of the molecule is CCC/N=C(/C(=O)Nc1ccc(CN2CCCC2)cc1F)c1cc(-c2cnn(C)c2)ccc1C. The number of rotatable bonds is 8. The van der Waals surface area contributed by atoms with Gasteiger partial charge in [-0.2, -0.15) is 5.10 Å². The topological polar surface area (TPSA) is 62.5 Å². The van der Waals surface area contributed by atoms with Crippen molar-refractivity contribution in [2.45, 2.75) is 39.7 Å². The first kappa shape index (κ1) is 23.8. The fourth-order valence-electron chi connectivity index (χ4n) is 4.27. The second-order valence-corrected chi connectivity index (χ2v) is 8.91. The number of aryl methyl sites for hydroxylation is 2. The highest BCUT2D eigenvalue weighted by Gasteiger charge is 2.19. The zero-order valence-corrected chi connectivity index (χ0v) is 20.1. The molecule has 0 radical (unpaired) electrons. The van der Waals surface area contributed by atoms with Gasteiger partial charge in [0, 0.05) is 37.5 Å². The van der Waals surface area contributed by atoms with Crippen molar-refractivity contribution >= 4 is 17.3 Å². The molecule has 1 N–H and O–H groups in total. The lowest BCUT2D eigenvalue weighted by Gasteiger charge is -2.16. The molecule has 6 nitrogen and oxygen atoms in total. The zero-order valence-electron chi connectivity index (χ0n) is 20.1. The fraction of sp³-hybridized carbons (Fsp3) is 0.370. The number of amides is 1. The van der Waals surface area contributed by atoms with Gasteiger partial charge in [0.2, 0.25) is 0 Å². The maximum atomic E-state index is 14.9. The van der Waals surface area contributed by atoms with Gasteiger partial charge in [0.1, 0.15) is 11.5 Å². The van der Waals surface area contributed by atoms with Crippen LogP contribution in [0.2, 0.25) is 0 Å². The number of anilines is 1. The number of aromatic nitrogens is 2. The highest BCUT2D eigenvalue weighted by atomic mass is 19.1. The monoisotopic (exact) mass is 461 g/mol. The van der Waals surface area contributed by atoms with E-state index >= 15 is 0 Å². The van der Waals surface area contributed by atoms with E-state index in [0.717, 1.165) is 53.9 Å². The van der Waals surface area contributed by atoms with Crippen LogP contribution in [0.5, 0.6) is 0 Å². The second kappa shape index (κ2) is 10.7. The van der Waals surface area contributed by atoms with Crippen molar-refractivity contribution in [2.24, 2.45) is 12.0 Å². The summed E-state index contributed by atoms with van der Waals surface area (Å²) in [6, 6.07) is 11.0. The molecule has 1 saturated heterocycles. The average Bonchev–Trinajstić information content (AvgIpc) is 3.49. The Morgan fingerprint density at radius 2 is 1.94 bits per heavy atom. The Morgan fingerprint density at radius 3 is 2.62 bits per heavy atom. The van der Waals surface area contributed by atoms with Gasteiger partial charge < -0.3 is 5.32 Å². The van der Waals surface area contributed by atoms with Crippen molar-refractivity contribution in [3.05, 3.63) is 71.3 Å². The Bertz CT molecular complexity index is 1190. The molecule has 178 valence electrons. The zero-order chi connectivity index (χ0) is 24.1. The molecule has 0 aliphatic carbocycles. The van der Waals surface area contributed by atoms with E-state index in [1.54, 1.807) is 16.9 Å². The number of carbonyl (C=O) groups excluding carboxylic acids is 1. The predicted octanol–water partition coefficient (Wildman–Crippen LogP) is 4.97. The third-order valence-corrected chi connectivity index (χ3v) is 6.13. The van der Waals surface area contributed by atoms with E-state index in [1.165, 1.54) is 18.9 Å². The Balaban J connectivity index is 1.58. The number of nitrogens with zero attached hydrogens (tertiary/aromatic N) is 4. The fourth-order valence-corrected chi connectivity index (χ4v) is 4.27. The van der Waals surface area contributed by atoms with E-state index in [4.69, 9.17) is 0 Å². The van der Waals surface area contributed by atoms with Crippen LogP contribution >= 0.6 is 0 Å². The second-order valence-electron chi connectivity index (χ2n) is 8.91. The summed E-state index contributed by atoms with van der Waals surface area (Å²) in [6.45, 7) is 7.30. The quantitative estimate of drug-likeness (QED) is 0.482. The van der Waals surface area contributed by atoms with E-state index < -0.39 is 11.7 Å². The van der Waals surface area contributed by atoms with Crippen LogP contribution in [0.25, 0.3) is 11.1 Å². The van der Waals surface area contributed by atoms with Gasteiger partial charge in [0.15, 0.2) is 0 Å². The number of hydrogen-bond acceptors (Lipinski definition) is 4. The van der Waals surface area contributed by atoms with Crippen molar-refractivity contribution in [3.63, 3.8) is 0 Å². The molecule has 2 aromatic carbocycles. The Hall–Kier alpha value is -3.32. The molecule has 7 heteroatoms. The van der Waals surface area contributed by atoms with Crippen LogP contribution in [0.3, 0.4) is 0 Å². The number of nitrogens with one attached hydrogen (secondary N) is 1. The van der Waals surface area contributed by atoms with E-state index in [0.29, 0.717) is 12.3 Å². The van der Waals surface area contributed by atoms with Crippen LogP contribution in [0.1, 0.15) is 42.9 Å². The molecule has 0 bridgehead atoms. The summed E-state index contributed by atoms with van der Waals surface area (Å²) in [7, 11) is 1.87. The molecule has 2 heterocycles. The van der Waals surface area contributed by atoms with Gasteiger partial charge in [-0.05, 0) is 74.2 Å². The van der Waals surface area contributed by atoms with Gasteiger partial charge in [0.05, 0.1) is 11.9 Å². The number of likely N-dealkylation sites (tertiary alicyclic amines) is 1. The third kappa shape index (κ3) is 5.59. The van der Waals surface area contributed by atoms with Crippen molar-refractivity contribution in [1.82, 2.24) is 14.7 Å². The summed E-state index contributed by atoms with van der Waals surface area (Å²) >= 11 is 0. The molecule has 0 spiro atoms. The van der Waals surface area contributed by atoms with Crippen LogP contribution < -0.4 is 5.32 Å². The van der Waals surface area contributed by atoms with Gasteiger partial charge in [-0.1, -0.05) is 25.1 Å². The van der Waals surface area contributed by atoms with Crippen LogP contribution in [-0.4, -0.2) is 45.9 Å². The molecular formula is C27H32FN5O. The molecule has 1 aliphatic heterocycles. The minimum Gasteiger partial charge on any atom is -0.318 e. The average molecular weight is 462 g/mol. The standard InChI is InChI=1S/C27H32FN5O/c1-4-11-29-26(23-15-21(9-7-19(23)2)22-16-30-32(3)18-22)27(34)31-25-10-8-20(14-24(25)28)17-33-12-5-6-13-33/h7-10,14-16,18H,4-6,11-13,17H2,1-3H3,(H,31,34)/b29-26+. The Kier molecular flexibility index (Phi) is 7.53. The molecule has 1 aromatic heterocycles. The lowest BCUT2D eigenvalue weighted by atomic mass is 9.97. The lowest BCUT2D eigenvalue weighted by Crippen LogP contribution is -2.26. The highest BCUT2D eigenvalue weighted by Crippen LogP contribution is 2.24. The molecular weight excluding hydrogens is 429 g/mol. The van der Waals surface area contributed by atoms with Crippen LogP contribution in [0.15, 0.2) is 53.8 Å². The van der Waals surface area contributed by atoms with Gasteiger partial charge >= 0.3 is 0 Å². The molecule has 4 rings (SSSR count). The maximum absolute atomic E-state index is 14.9. The first-order valence-electron chi connectivity index (χ1n) is 11.9. The molecule has 1 amide bonds. The number of carbonyl (C=O) groups is 1. The predicted molar refractivity (Wildman–Crippen MR) is 135 cm³/mol. The first-order valence-corrected chi connectivity index (χ1v) is 11.9. The van der Waals surface area contributed by atoms with Crippen LogP contribution in [0.4, 0.5) is 10.1 Å².